The minimum atomic E-state index is -0.0237. The average Bonchev–Trinajstić information content (AvgIpc) is 2.20. The third-order valence-electron chi connectivity index (χ3n) is 3.00. The van der Waals surface area contributed by atoms with Crippen LogP contribution in [0.2, 0.25) is 0 Å². The highest BCUT2D eigenvalue weighted by Gasteiger charge is 2.46. The summed E-state index contributed by atoms with van der Waals surface area (Å²) in [5.74, 6) is 0.574. The summed E-state index contributed by atoms with van der Waals surface area (Å²) in [5, 5.41) is 0. The van der Waals surface area contributed by atoms with Crippen LogP contribution in [0.4, 0.5) is 0 Å². The van der Waals surface area contributed by atoms with Crippen LogP contribution in [-0.4, -0.2) is 11.6 Å². The van der Waals surface area contributed by atoms with Gasteiger partial charge in [-0.2, -0.15) is 0 Å². The summed E-state index contributed by atoms with van der Waals surface area (Å²) in [6, 6.07) is 0.327. The number of hydrogen-bond acceptors (Lipinski definition) is 2. The molecule has 0 radical (unpaired) electrons. The Kier molecular flexibility index (Phi) is 1.04. The van der Waals surface area contributed by atoms with Crippen LogP contribution < -0.4 is 11.5 Å². The standard InChI is InChI=1S/C8H14N2/c1-5-2-6-3-8(5,10)4-7(6)9/h2,6-7H,3-4,9-10H2,1H3. The monoisotopic (exact) mass is 138 g/mol. The predicted octanol–water partition coefficient (Wildman–Crippen LogP) is 0.381. The van der Waals surface area contributed by atoms with E-state index in [0.717, 1.165) is 12.8 Å². The molecule has 2 aliphatic rings. The van der Waals surface area contributed by atoms with E-state index in [2.05, 4.69) is 13.0 Å². The SMILES string of the molecule is CC1=CC2CC1(N)CC2N. The molecule has 0 aromatic rings. The topological polar surface area (TPSA) is 52.0 Å². The van der Waals surface area contributed by atoms with Gasteiger partial charge in [-0.3, -0.25) is 0 Å². The molecule has 2 bridgehead atoms. The van der Waals surface area contributed by atoms with E-state index in [-0.39, 0.29) is 5.54 Å². The second kappa shape index (κ2) is 1.63. The predicted molar refractivity (Wildman–Crippen MR) is 41.4 cm³/mol. The van der Waals surface area contributed by atoms with Gasteiger partial charge in [-0.25, -0.2) is 0 Å². The van der Waals surface area contributed by atoms with Gasteiger partial charge in [0.05, 0.1) is 0 Å². The maximum atomic E-state index is 6.09. The molecule has 0 aliphatic heterocycles. The first-order valence-corrected chi connectivity index (χ1v) is 3.85. The third kappa shape index (κ3) is 0.607. The number of hydrogen-bond donors (Lipinski definition) is 2. The molecule has 0 aromatic carbocycles. The lowest BCUT2D eigenvalue weighted by molar-refractivity contribution is 0.509. The van der Waals surface area contributed by atoms with Crippen molar-refractivity contribution in [3.8, 4) is 0 Å². The molecular weight excluding hydrogens is 124 g/mol. The lowest BCUT2D eigenvalue weighted by Crippen LogP contribution is -2.39. The summed E-state index contributed by atoms with van der Waals surface area (Å²) < 4.78 is 0. The Bertz CT molecular complexity index is 197. The molecule has 3 atom stereocenters. The second-order valence-electron chi connectivity index (χ2n) is 3.74. The van der Waals surface area contributed by atoms with E-state index < -0.39 is 0 Å². The first-order chi connectivity index (χ1) is 4.62. The molecule has 2 nitrogen and oxygen atoms in total. The molecule has 0 aromatic heterocycles. The van der Waals surface area contributed by atoms with Crippen LogP contribution in [0, 0.1) is 5.92 Å². The van der Waals surface area contributed by atoms with Gasteiger partial charge >= 0.3 is 0 Å². The first-order valence-electron chi connectivity index (χ1n) is 3.85. The Balaban J connectivity index is 2.35. The molecule has 2 rings (SSSR count). The zero-order valence-corrected chi connectivity index (χ0v) is 6.30. The normalized spacial score (nSPS) is 51.7. The van der Waals surface area contributed by atoms with E-state index in [1.165, 1.54) is 5.57 Å². The van der Waals surface area contributed by atoms with E-state index in [4.69, 9.17) is 11.5 Å². The lowest BCUT2D eigenvalue weighted by Gasteiger charge is -2.24. The van der Waals surface area contributed by atoms with Crippen molar-refractivity contribution in [2.45, 2.75) is 31.3 Å². The number of nitrogens with two attached hydrogens (primary N) is 2. The fourth-order valence-electron chi connectivity index (χ4n) is 2.22. The number of fused-ring (bicyclic) bond motifs is 2. The summed E-state index contributed by atoms with van der Waals surface area (Å²) >= 11 is 0. The summed E-state index contributed by atoms with van der Waals surface area (Å²) in [6.07, 6.45) is 4.31. The van der Waals surface area contributed by atoms with Crippen molar-refractivity contribution >= 4 is 0 Å². The van der Waals surface area contributed by atoms with Gasteiger partial charge in [0.2, 0.25) is 0 Å². The highest BCUT2D eigenvalue weighted by Crippen LogP contribution is 2.44. The van der Waals surface area contributed by atoms with Crippen molar-refractivity contribution in [3.63, 3.8) is 0 Å². The van der Waals surface area contributed by atoms with Gasteiger partial charge in [0.15, 0.2) is 0 Å². The van der Waals surface area contributed by atoms with Gasteiger partial charge in [-0.1, -0.05) is 11.6 Å². The van der Waals surface area contributed by atoms with Crippen LogP contribution in [0.25, 0.3) is 0 Å². The molecule has 0 amide bonds. The molecule has 56 valence electrons. The second-order valence-corrected chi connectivity index (χ2v) is 3.74. The van der Waals surface area contributed by atoms with Crippen molar-refractivity contribution in [1.82, 2.24) is 0 Å². The minimum Gasteiger partial charge on any atom is -0.327 e. The highest BCUT2D eigenvalue weighted by molar-refractivity contribution is 5.31. The van der Waals surface area contributed by atoms with Crippen LogP contribution >= 0.6 is 0 Å². The Labute approximate surface area is 61.3 Å². The fourth-order valence-corrected chi connectivity index (χ4v) is 2.22. The van der Waals surface area contributed by atoms with Crippen molar-refractivity contribution in [2.75, 3.05) is 0 Å². The van der Waals surface area contributed by atoms with E-state index in [1.807, 2.05) is 0 Å². The van der Waals surface area contributed by atoms with Crippen molar-refractivity contribution in [3.05, 3.63) is 11.6 Å². The molecule has 2 heteroatoms. The van der Waals surface area contributed by atoms with Crippen molar-refractivity contribution in [1.29, 1.82) is 0 Å². The molecule has 10 heavy (non-hydrogen) atoms. The smallest absolute Gasteiger partial charge is 0.0387 e. The van der Waals surface area contributed by atoms with Crippen LogP contribution in [0.3, 0.4) is 0 Å². The molecule has 0 heterocycles. The lowest BCUT2D eigenvalue weighted by atomic mass is 9.91. The molecular formula is C8H14N2. The van der Waals surface area contributed by atoms with Crippen molar-refractivity contribution in [2.24, 2.45) is 17.4 Å². The molecule has 0 saturated heterocycles. The fraction of sp³-hybridized carbons (Fsp3) is 0.750. The van der Waals surface area contributed by atoms with Gasteiger partial charge in [0, 0.05) is 11.6 Å². The van der Waals surface area contributed by atoms with Crippen LogP contribution in [0.5, 0.6) is 0 Å². The molecule has 4 N–H and O–H groups in total. The first kappa shape index (κ1) is 6.38. The third-order valence-corrected chi connectivity index (χ3v) is 3.00. The Hall–Kier alpha value is -0.340. The van der Waals surface area contributed by atoms with Gasteiger partial charge in [-0.05, 0) is 25.7 Å². The summed E-state index contributed by atoms with van der Waals surface area (Å²) in [5.41, 5.74) is 13.3. The largest absolute Gasteiger partial charge is 0.327 e. The zero-order valence-electron chi connectivity index (χ0n) is 6.30. The number of rotatable bonds is 0. The maximum Gasteiger partial charge on any atom is 0.0387 e. The van der Waals surface area contributed by atoms with Crippen LogP contribution in [0.1, 0.15) is 19.8 Å². The molecule has 0 spiro atoms. The van der Waals surface area contributed by atoms with Gasteiger partial charge in [0.1, 0.15) is 0 Å². The van der Waals surface area contributed by atoms with Crippen LogP contribution in [-0.2, 0) is 0 Å². The van der Waals surface area contributed by atoms with E-state index in [1.54, 1.807) is 0 Å². The summed E-state index contributed by atoms with van der Waals surface area (Å²) in [7, 11) is 0. The zero-order chi connectivity index (χ0) is 7.35. The van der Waals surface area contributed by atoms with Crippen molar-refractivity contribution < 1.29 is 0 Å². The minimum absolute atomic E-state index is 0.0237. The Morgan fingerprint density at radius 1 is 1.60 bits per heavy atom. The van der Waals surface area contributed by atoms with E-state index in [0.29, 0.717) is 12.0 Å². The quantitative estimate of drug-likeness (QED) is 0.475. The van der Waals surface area contributed by atoms with Crippen LogP contribution in [0.15, 0.2) is 11.6 Å². The molecule has 2 aliphatic carbocycles. The van der Waals surface area contributed by atoms with Gasteiger partial charge in [-0.15, -0.1) is 0 Å². The molecule has 1 fully saturated rings. The Morgan fingerprint density at radius 2 is 2.30 bits per heavy atom. The summed E-state index contributed by atoms with van der Waals surface area (Å²) in [4.78, 5) is 0. The van der Waals surface area contributed by atoms with Gasteiger partial charge < -0.3 is 11.5 Å². The Morgan fingerprint density at radius 3 is 2.60 bits per heavy atom. The summed E-state index contributed by atoms with van der Waals surface area (Å²) in [6.45, 7) is 2.12. The van der Waals surface area contributed by atoms with Gasteiger partial charge in [0.25, 0.3) is 0 Å². The van der Waals surface area contributed by atoms with E-state index >= 15 is 0 Å². The average molecular weight is 138 g/mol. The molecule has 3 unspecified atom stereocenters. The highest BCUT2D eigenvalue weighted by atomic mass is 14.9. The molecule has 1 saturated carbocycles. The van der Waals surface area contributed by atoms with E-state index in [9.17, 15) is 0 Å². The maximum absolute atomic E-state index is 6.09.